The van der Waals surface area contributed by atoms with E-state index in [4.69, 9.17) is 15.6 Å². The number of nitrogen functional groups attached to an aromatic ring is 1. The maximum Gasteiger partial charge on any atom is 0.405 e. The van der Waals surface area contributed by atoms with Crippen LogP contribution in [0.2, 0.25) is 0 Å². The molecule has 1 aromatic heterocycles. The number of ether oxygens (including phenoxy) is 1. The molecule has 0 bridgehead atoms. The first kappa shape index (κ1) is 26.5. The van der Waals surface area contributed by atoms with Crippen molar-refractivity contribution in [3.8, 4) is 11.1 Å². The molecular weight excluding hydrogens is 517 g/mol. The van der Waals surface area contributed by atoms with Crippen LogP contribution in [0.1, 0.15) is 41.0 Å². The van der Waals surface area contributed by atoms with Gasteiger partial charge in [-0.05, 0) is 65.9 Å². The molecule has 0 fully saturated rings. The topological polar surface area (TPSA) is 148 Å². The van der Waals surface area contributed by atoms with E-state index in [0.717, 1.165) is 11.1 Å². The Morgan fingerprint density at radius 1 is 1.05 bits per heavy atom. The van der Waals surface area contributed by atoms with E-state index in [-0.39, 0.29) is 24.2 Å². The van der Waals surface area contributed by atoms with E-state index in [1.54, 1.807) is 23.1 Å². The van der Waals surface area contributed by atoms with Gasteiger partial charge in [0.15, 0.2) is 0 Å². The van der Waals surface area contributed by atoms with Crippen molar-refractivity contribution in [2.75, 3.05) is 5.73 Å². The second kappa shape index (κ2) is 10.3. The van der Waals surface area contributed by atoms with Crippen molar-refractivity contribution in [1.82, 2.24) is 20.2 Å². The Balaban J connectivity index is 1.49. The quantitative estimate of drug-likeness (QED) is 0.306. The number of carbonyl (C=O) groups is 3. The van der Waals surface area contributed by atoms with Crippen molar-refractivity contribution in [3.05, 3.63) is 88.9 Å². The summed E-state index contributed by atoms with van der Waals surface area (Å²) in [6.45, 7) is 3.38. The molecule has 3 aromatic carbocycles. The molecule has 0 spiro atoms. The number of carboxylic acid groups (broad SMARTS) is 1. The minimum absolute atomic E-state index is 0.0451. The highest BCUT2D eigenvalue weighted by Crippen LogP contribution is 2.31. The lowest BCUT2D eigenvalue weighted by molar-refractivity contribution is -0.151. The Morgan fingerprint density at radius 3 is 2.42 bits per heavy atom. The second-order valence-electron chi connectivity index (χ2n) is 10.0. The number of esters is 1. The van der Waals surface area contributed by atoms with Gasteiger partial charge in [0.25, 0.3) is 5.91 Å². The van der Waals surface area contributed by atoms with Crippen molar-refractivity contribution in [2.24, 2.45) is 0 Å². The van der Waals surface area contributed by atoms with E-state index < -0.39 is 23.4 Å². The monoisotopic (exact) mass is 543 g/mol. The molecule has 10 nitrogen and oxygen atoms in total. The number of rotatable bonds is 6. The molecule has 2 heterocycles. The molecule has 2 amide bonds. The maximum absolute atomic E-state index is 14.4. The van der Waals surface area contributed by atoms with Gasteiger partial charge in [0.1, 0.15) is 23.7 Å². The molecule has 0 radical (unpaired) electrons. The van der Waals surface area contributed by atoms with E-state index >= 15 is 0 Å². The summed E-state index contributed by atoms with van der Waals surface area (Å²) in [5.74, 6) is -1.67. The van der Waals surface area contributed by atoms with Crippen LogP contribution in [0.25, 0.3) is 22.0 Å². The number of fused-ring (bicyclic) bond motifs is 2. The Hall–Kier alpha value is -5.06. The number of halogens is 1. The lowest BCUT2D eigenvalue weighted by Gasteiger charge is -2.22. The van der Waals surface area contributed by atoms with E-state index in [1.807, 2.05) is 24.3 Å². The van der Waals surface area contributed by atoms with Gasteiger partial charge in [-0.15, -0.1) is 0 Å². The Kier molecular flexibility index (Phi) is 6.80. The van der Waals surface area contributed by atoms with Gasteiger partial charge < -0.3 is 25.8 Å². The number of hydrogen-bond donors (Lipinski definition) is 3. The number of nitrogens with zero attached hydrogens (tertiary/aromatic N) is 3. The Morgan fingerprint density at radius 2 is 1.75 bits per heavy atom. The van der Waals surface area contributed by atoms with Crippen LogP contribution in [0, 0.1) is 5.82 Å². The van der Waals surface area contributed by atoms with Crippen molar-refractivity contribution in [3.63, 3.8) is 0 Å². The lowest BCUT2D eigenvalue weighted by Crippen LogP contribution is -2.50. The third kappa shape index (κ3) is 5.26. The smallest absolute Gasteiger partial charge is 0.405 e. The summed E-state index contributed by atoms with van der Waals surface area (Å²) in [6, 6.07) is 16.9. The van der Waals surface area contributed by atoms with Gasteiger partial charge in [-0.2, -0.15) is 0 Å². The summed E-state index contributed by atoms with van der Waals surface area (Å²) in [4.78, 5) is 47.4. The number of nitrogens with two attached hydrogens (primary N) is 1. The fourth-order valence-corrected chi connectivity index (χ4v) is 4.69. The average molecular weight is 544 g/mol. The molecule has 11 heteroatoms. The summed E-state index contributed by atoms with van der Waals surface area (Å²) < 4.78 is 19.8. The SMILES string of the molecule is CC(C)(NC(=O)O)C(=O)OCc1ccc(F)cc1-c1ccc2nc(N)nc(C(=O)N3Cc4ccccc4C3)c2c1. The van der Waals surface area contributed by atoms with E-state index in [0.29, 0.717) is 40.7 Å². The van der Waals surface area contributed by atoms with Crippen LogP contribution in [0.3, 0.4) is 0 Å². The Bertz CT molecular complexity index is 1650. The summed E-state index contributed by atoms with van der Waals surface area (Å²) >= 11 is 0. The van der Waals surface area contributed by atoms with Crippen molar-refractivity contribution >= 4 is 34.8 Å². The summed E-state index contributed by atoms with van der Waals surface area (Å²) in [6.07, 6.45) is -1.37. The minimum atomic E-state index is -1.49. The molecule has 4 N–H and O–H groups in total. The van der Waals surface area contributed by atoms with Gasteiger partial charge in [-0.1, -0.05) is 36.4 Å². The van der Waals surface area contributed by atoms with Crippen LogP contribution in [0.5, 0.6) is 0 Å². The van der Waals surface area contributed by atoms with E-state index in [1.165, 1.54) is 32.0 Å². The standard InChI is InChI=1S/C29H26FN5O5/c1-29(2,34-28(38)39)26(37)40-15-19-7-9-20(30)12-21(19)16-8-10-23-22(11-16)24(33-27(31)32-23)25(36)35-13-17-5-3-4-6-18(17)14-35/h3-12,34H,13-15H2,1-2H3,(H,38,39)(H2,31,32,33). The zero-order valence-electron chi connectivity index (χ0n) is 21.8. The average Bonchev–Trinajstić information content (AvgIpc) is 3.35. The predicted molar refractivity (Wildman–Crippen MR) is 144 cm³/mol. The largest absolute Gasteiger partial charge is 0.465 e. The van der Waals surface area contributed by atoms with Gasteiger partial charge in [-0.3, -0.25) is 4.79 Å². The summed E-state index contributed by atoms with van der Waals surface area (Å²) in [7, 11) is 0. The van der Waals surface area contributed by atoms with Crippen LogP contribution < -0.4 is 11.1 Å². The lowest BCUT2D eigenvalue weighted by atomic mass is 9.97. The molecule has 40 heavy (non-hydrogen) atoms. The third-order valence-corrected chi connectivity index (χ3v) is 6.72. The number of anilines is 1. The van der Waals surface area contributed by atoms with Crippen LogP contribution in [-0.4, -0.2) is 43.5 Å². The highest BCUT2D eigenvalue weighted by molar-refractivity contribution is 6.06. The number of nitrogens with one attached hydrogen (secondary N) is 1. The second-order valence-corrected chi connectivity index (χ2v) is 10.0. The highest BCUT2D eigenvalue weighted by atomic mass is 19.1. The van der Waals surface area contributed by atoms with Gasteiger partial charge in [-0.25, -0.2) is 23.9 Å². The van der Waals surface area contributed by atoms with E-state index in [9.17, 15) is 18.8 Å². The zero-order valence-corrected chi connectivity index (χ0v) is 21.8. The molecule has 204 valence electrons. The number of amides is 2. The van der Waals surface area contributed by atoms with Crippen LogP contribution in [0.15, 0.2) is 60.7 Å². The van der Waals surface area contributed by atoms with Crippen molar-refractivity contribution < 1.29 is 28.6 Å². The fourth-order valence-electron chi connectivity index (χ4n) is 4.69. The summed E-state index contributed by atoms with van der Waals surface area (Å²) in [5, 5.41) is 11.5. The number of carbonyl (C=O) groups excluding carboxylic acids is 2. The predicted octanol–water partition coefficient (Wildman–Crippen LogP) is 4.26. The van der Waals surface area contributed by atoms with Crippen LogP contribution >= 0.6 is 0 Å². The van der Waals surface area contributed by atoms with E-state index in [2.05, 4.69) is 15.3 Å². The molecule has 0 unspecified atom stereocenters. The first-order valence-corrected chi connectivity index (χ1v) is 12.4. The van der Waals surface area contributed by atoms with Crippen LogP contribution in [-0.2, 0) is 29.2 Å². The zero-order chi connectivity index (χ0) is 28.6. The molecule has 0 saturated carbocycles. The molecule has 0 saturated heterocycles. The minimum Gasteiger partial charge on any atom is -0.465 e. The fraction of sp³-hybridized carbons (Fsp3) is 0.207. The number of hydrogen-bond acceptors (Lipinski definition) is 7. The molecular formula is C29H26FN5O5. The highest BCUT2D eigenvalue weighted by Gasteiger charge is 2.31. The molecule has 0 atom stereocenters. The Labute approximate surface area is 228 Å². The molecule has 1 aliphatic rings. The first-order chi connectivity index (χ1) is 19.0. The molecule has 0 aliphatic carbocycles. The van der Waals surface area contributed by atoms with Crippen LogP contribution in [0.4, 0.5) is 15.1 Å². The number of benzene rings is 3. The normalized spacial score (nSPS) is 12.7. The molecule has 5 rings (SSSR count). The van der Waals surface area contributed by atoms with Gasteiger partial charge >= 0.3 is 12.1 Å². The third-order valence-electron chi connectivity index (χ3n) is 6.72. The van der Waals surface area contributed by atoms with Crippen molar-refractivity contribution in [1.29, 1.82) is 0 Å². The van der Waals surface area contributed by atoms with Gasteiger partial charge in [0, 0.05) is 18.5 Å². The van der Waals surface area contributed by atoms with Gasteiger partial charge in [0.2, 0.25) is 5.95 Å². The molecule has 4 aromatic rings. The summed E-state index contributed by atoms with van der Waals surface area (Å²) in [5.41, 5.74) is 8.57. The van der Waals surface area contributed by atoms with Gasteiger partial charge in [0.05, 0.1) is 5.52 Å². The number of aromatic nitrogens is 2. The van der Waals surface area contributed by atoms with Crippen molar-refractivity contribution in [2.45, 2.75) is 39.1 Å². The first-order valence-electron chi connectivity index (χ1n) is 12.4. The maximum atomic E-state index is 14.4. The molecule has 1 aliphatic heterocycles.